The topological polar surface area (TPSA) is 110 Å². The average molecular weight is 558 g/mol. The summed E-state index contributed by atoms with van der Waals surface area (Å²) < 4.78 is 41.6. The van der Waals surface area contributed by atoms with E-state index >= 15 is 0 Å². The number of alkyl halides is 3. The van der Waals surface area contributed by atoms with Crippen molar-refractivity contribution in [3.63, 3.8) is 0 Å². The van der Waals surface area contributed by atoms with Gasteiger partial charge in [-0.05, 0) is 74.6 Å². The number of carboxylic acid groups (broad SMARTS) is 1. The molecule has 4 rings (SSSR count). The molecule has 2 aromatic rings. The van der Waals surface area contributed by atoms with Gasteiger partial charge in [0.05, 0.1) is 11.6 Å². The maximum absolute atomic E-state index is 13.9. The molecule has 1 amide bonds. The predicted octanol–water partition coefficient (Wildman–Crippen LogP) is 4.77. The maximum atomic E-state index is 13.9. The Balaban J connectivity index is 1.42. The van der Waals surface area contributed by atoms with Crippen LogP contribution in [0.25, 0.3) is 0 Å². The van der Waals surface area contributed by atoms with Gasteiger partial charge in [-0.1, -0.05) is 12.1 Å². The van der Waals surface area contributed by atoms with Crippen molar-refractivity contribution in [3.05, 3.63) is 53.2 Å². The third-order valence-corrected chi connectivity index (χ3v) is 7.72. The highest BCUT2D eigenvalue weighted by molar-refractivity contribution is 5.85. The van der Waals surface area contributed by atoms with Gasteiger partial charge in [-0.15, -0.1) is 0 Å². The van der Waals surface area contributed by atoms with Gasteiger partial charge in [-0.2, -0.15) is 18.4 Å². The number of amides is 1. The molecule has 1 aromatic heterocycles. The van der Waals surface area contributed by atoms with Crippen LogP contribution in [0.2, 0.25) is 0 Å². The average Bonchev–Trinajstić information content (AvgIpc) is 3.43. The molecule has 40 heavy (non-hydrogen) atoms. The van der Waals surface area contributed by atoms with E-state index in [9.17, 15) is 22.8 Å². The Labute approximate surface area is 231 Å². The Morgan fingerprint density at radius 2 is 1.82 bits per heavy atom. The van der Waals surface area contributed by atoms with Crippen molar-refractivity contribution in [2.45, 2.75) is 63.6 Å². The molecule has 2 fully saturated rings. The summed E-state index contributed by atoms with van der Waals surface area (Å²) in [6.07, 6.45) is 0.234. The molecular weight excluding hydrogens is 523 g/mol. The Bertz CT molecular complexity index is 1220. The molecule has 2 N–H and O–H groups in total. The first-order valence-corrected chi connectivity index (χ1v) is 13.7. The van der Waals surface area contributed by atoms with Crippen molar-refractivity contribution in [1.29, 1.82) is 5.26 Å². The Hall–Kier alpha value is -3.81. The van der Waals surface area contributed by atoms with E-state index in [1.165, 1.54) is 0 Å². The summed E-state index contributed by atoms with van der Waals surface area (Å²) in [6, 6.07) is 11.3. The van der Waals surface area contributed by atoms with E-state index in [0.29, 0.717) is 69.0 Å². The lowest BCUT2D eigenvalue weighted by Gasteiger charge is -2.35. The van der Waals surface area contributed by atoms with Crippen LogP contribution in [0.4, 0.5) is 24.7 Å². The van der Waals surface area contributed by atoms with E-state index in [1.807, 2.05) is 17.0 Å². The molecule has 8 nitrogen and oxygen atoms in total. The molecule has 0 aliphatic carbocycles. The molecule has 0 unspecified atom stereocenters. The van der Waals surface area contributed by atoms with Gasteiger partial charge in [0, 0.05) is 44.4 Å². The molecule has 2 saturated heterocycles. The first kappa shape index (κ1) is 29.2. The molecule has 2 aliphatic rings. The quantitative estimate of drug-likeness (QED) is 0.433. The zero-order valence-corrected chi connectivity index (χ0v) is 22.3. The summed E-state index contributed by atoms with van der Waals surface area (Å²) in [5, 5.41) is 20.7. The first-order chi connectivity index (χ1) is 19.1. The number of halogens is 3. The minimum Gasteiger partial charge on any atom is -0.481 e. The van der Waals surface area contributed by atoms with Crippen LogP contribution in [-0.2, 0) is 22.2 Å². The second-order valence-corrected chi connectivity index (χ2v) is 10.5. The van der Waals surface area contributed by atoms with Crippen LogP contribution in [0, 0.1) is 17.2 Å². The third-order valence-electron chi connectivity index (χ3n) is 7.72. The van der Waals surface area contributed by atoms with Gasteiger partial charge in [0.1, 0.15) is 17.6 Å². The minimum absolute atomic E-state index is 0.128. The van der Waals surface area contributed by atoms with E-state index in [-0.39, 0.29) is 18.1 Å². The zero-order valence-electron chi connectivity index (χ0n) is 22.3. The Morgan fingerprint density at radius 1 is 1.10 bits per heavy atom. The van der Waals surface area contributed by atoms with Gasteiger partial charge in [-0.3, -0.25) is 9.59 Å². The number of hydrogen-bond acceptors (Lipinski definition) is 6. The molecule has 1 aromatic carbocycles. The maximum Gasteiger partial charge on any atom is 0.433 e. The number of piperidine rings is 1. The number of aliphatic carboxylic acids is 1. The largest absolute Gasteiger partial charge is 0.481 e. The molecule has 1 atom stereocenters. The van der Waals surface area contributed by atoms with Crippen molar-refractivity contribution in [2.24, 2.45) is 5.92 Å². The van der Waals surface area contributed by atoms with E-state index in [2.05, 4.69) is 16.4 Å². The van der Waals surface area contributed by atoms with Crippen LogP contribution in [0.15, 0.2) is 36.4 Å². The molecule has 0 radical (unpaired) electrons. The fraction of sp³-hybridized carbons (Fsp3) is 0.517. The molecular formula is C29H34F3N5O3. The van der Waals surface area contributed by atoms with Gasteiger partial charge >= 0.3 is 12.1 Å². The van der Waals surface area contributed by atoms with E-state index < -0.39 is 23.9 Å². The SMILES string of the molecule is N#Cc1ccc(CCNC(=O)[C@@H]2CCCN2c2cc(N3CCC(CCCC(=O)O)CC3)cc(C(F)(F)F)n2)cc1. The van der Waals surface area contributed by atoms with Crippen molar-refractivity contribution in [2.75, 3.05) is 36.0 Å². The third kappa shape index (κ3) is 7.64. The van der Waals surface area contributed by atoms with Crippen LogP contribution in [0.1, 0.15) is 61.8 Å². The second kappa shape index (κ2) is 13.0. The number of carbonyl (C=O) groups is 2. The molecule has 214 valence electrons. The summed E-state index contributed by atoms with van der Waals surface area (Å²) >= 11 is 0. The lowest BCUT2D eigenvalue weighted by molar-refractivity contribution is -0.141. The van der Waals surface area contributed by atoms with Crippen molar-refractivity contribution in [1.82, 2.24) is 10.3 Å². The smallest absolute Gasteiger partial charge is 0.433 e. The van der Waals surface area contributed by atoms with Crippen LogP contribution in [0.5, 0.6) is 0 Å². The van der Waals surface area contributed by atoms with Gasteiger partial charge < -0.3 is 20.2 Å². The predicted molar refractivity (Wildman–Crippen MR) is 144 cm³/mol. The van der Waals surface area contributed by atoms with E-state index in [4.69, 9.17) is 10.4 Å². The van der Waals surface area contributed by atoms with Crippen molar-refractivity contribution >= 4 is 23.4 Å². The number of aromatic nitrogens is 1. The number of nitriles is 1. The number of nitrogens with zero attached hydrogens (tertiary/aromatic N) is 4. The number of pyridine rings is 1. The summed E-state index contributed by atoms with van der Waals surface area (Å²) in [5.41, 5.74) is 0.989. The highest BCUT2D eigenvalue weighted by Gasteiger charge is 2.37. The van der Waals surface area contributed by atoms with E-state index in [0.717, 1.165) is 30.9 Å². The summed E-state index contributed by atoms with van der Waals surface area (Å²) in [4.78, 5) is 31.4. The van der Waals surface area contributed by atoms with Gasteiger partial charge in [0.2, 0.25) is 5.91 Å². The van der Waals surface area contributed by atoms with Crippen molar-refractivity contribution < 1.29 is 27.9 Å². The number of anilines is 2. The minimum atomic E-state index is -4.63. The lowest BCUT2D eigenvalue weighted by atomic mass is 9.91. The van der Waals surface area contributed by atoms with E-state index in [1.54, 1.807) is 23.1 Å². The van der Waals surface area contributed by atoms with Crippen LogP contribution < -0.4 is 15.1 Å². The first-order valence-electron chi connectivity index (χ1n) is 13.7. The number of rotatable bonds is 10. The van der Waals surface area contributed by atoms with Crippen LogP contribution in [-0.4, -0.2) is 54.2 Å². The fourth-order valence-corrected chi connectivity index (χ4v) is 5.51. The normalized spacial score (nSPS) is 18.0. The molecule has 11 heteroatoms. The highest BCUT2D eigenvalue weighted by atomic mass is 19.4. The zero-order chi connectivity index (χ0) is 28.7. The summed E-state index contributed by atoms with van der Waals surface area (Å²) in [6.45, 7) is 1.97. The fourth-order valence-electron chi connectivity index (χ4n) is 5.51. The number of benzene rings is 1. The number of hydrogen-bond donors (Lipinski definition) is 2. The second-order valence-electron chi connectivity index (χ2n) is 10.5. The molecule has 0 saturated carbocycles. The molecule has 0 bridgehead atoms. The molecule has 0 spiro atoms. The summed E-state index contributed by atoms with van der Waals surface area (Å²) in [7, 11) is 0. The van der Waals surface area contributed by atoms with Crippen LogP contribution >= 0.6 is 0 Å². The van der Waals surface area contributed by atoms with Gasteiger partial charge in [0.15, 0.2) is 0 Å². The standard InChI is InChI=1S/C29H34F3N5O3/c30-29(31,32)25-17-23(36-15-11-20(12-16-36)3-1-5-27(38)39)18-26(35-25)37-14-2-4-24(37)28(40)34-13-10-21-6-8-22(19-33)9-7-21/h6-9,17-18,20,24H,1-5,10-16H2,(H,34,40)(H,38,39)/t24-/m0/s1. The Kier molecular flexibility index (Phi) is 9.50. The highest BCUT2D eigenvalue weighted by Crippen LogP contribution is 2.36. The molecule has 2 aliphatic heterocycles. The van der Waals surface area contributed by atoms with Gasteiger partial charge in [0.25, 0.3) is 0 Å². The number of nitrogens with one attached hydrogen (secondary N) is 1. The lowest BCUT2D eigenvalue weighted by Crippen LogP contribution is -2.44. The van der Waals surface area contributed by atoms with Crippen LogP contribution in [0.3, 0.4) is 0 Å². The number of carbonyl (C=O) groups excluding carboxylic acids is 1. The monoisotopic (exact) mass is 557 g/mol. The number of carboxylic acids is 1. The van der Waals surface area contributed by atoms with Crippen molar-refractivity contribution in [3.8, 4) is 6.07 Å². The van der Waals surface area contributed by atoms with Gasteiger partial charge in [-0.25, -0.2) is 4.98 Å². The Morgan fingerprint density at radius 3 is 2.48 bits per heavy atom. The summed E-state index contributed by atoms with van der Waals surface area (Å²) in [5.74, 6) is -0.552. The molecule has 3 heterocycles.